The van der Waals surface area contributed by atoms with Crippen LogP contribution in [0.1, 0.15) is 30.0 Å². The molecule has 1 aliphatic heterocycles. The quantitative estimate of drug-likeness (QED) is 0.803. The summed E-state index contributed by atoms with van der Waals surface area (Å²) in [6.45, 7) is 3.56. The Balaban J connectivity index is 1.73. The van der Waals surface area contributed by atoms with Gasteiger partial charge in [0, 0.05) is 31.3 Å². The number of hydrogen-bond acceptors (Lipinski definition) is 4. The third-order valence-corrected chi connectivity index (χ3v) is 4.76. The van der Waals surface area contributed by atoms with Gasteiger partial charge in [0.25, 0.3) is 0 Å². The van der Waals surface area contributed by atoms with E-state index in [1.807, 2.05) is 0 Å². The highest BCUT2D eigenvalue weighted by Crippen LogP contribution is 2.32. The highest BCUT2D eigenvalue weighted by atomic mass is 19.4. The molecule has 1 aromatic carbocycles. The van der Waals surface area contributed by atoms with Crippen LogP contribution >= 0.6 is 0 Å². The molecule has 0 radical (unpaired) electrons. The van der Waals surface area contributed by atoms with Gasteiger partial charge in [-0.2, -0.15) is 13.2 Å². The second-order valence-electron chi connectivity index (χ2n) is 6.52. The van der Waals surface area contributed by atoms with Crippen LogP contribution in [-0.2, 0) is 10.9 Å². The first kappa shape index (κ1) is 18.8. The Labute approximate surface area is 151 Å². The van der Waals surface area contributed by atoms with Crippen molar-refractivity contribution in [1.82, 2.24) is 14.9 Å². The summed E-state index contributed by atoms with van der Waals surface area (Å²) in [7, 11) is 1.70. The van der Waals surface area contributed by atoms with Crippen LogP contribution in [0.4, 0.5) is 13.2 Å². The molecular formula is C19H22F3N3O. The third kappa shape index (κ3) is 4.59. The van der Waals surface area contributed by atoms with E-state index in [9.17, 15) is 13.2 Å². The van der Waals surface area contributed by atoms with Crippen molar-refractivity contribution in [3.8, 4) is 11.3 Å². The number of ether oxygens (including phenoxy) is 1. The number of likely N-dealkylation sites (tertiary alicyclic amines) is 1. The summed E-state index contributed by atoms with van der Waals surface area (Å²) < 4.78 is 43.9. The second-order valence-corrected chi connectivity index (χ2v) is 6.52. The Hall–Kier alpha value is -1.99. The molecule has 1 saturated heterocycles. The monoisotopic (exact) mass is 365 g/mol. The predicted molar refractivity (Wildman–Crippen MR) is 92.8 cm³/mol. The molecule has 0 atom stereocenters. The predicted octanol–water partition coefficient (Wildman–Crippen LogP) is 3.99. The van der Waals surface area contributed by atoms with Crippen LogP contribution in [0, 0.1) is 0 Å². The van der Waals surface area contributed by atoms with Crippen molar-refractivity contribution >= 4 is 0 Å². The normalized spacial score (nSPS) is 16.8. The molecule has 7 heteroatoms. The van der Waals surface area contributed by atoms with Crippen LogP contribution in [0.2, 0.25) is 0 Å². The first-order chi connectivity index (χ1) is 12.5. The molecule has 0 N–H and O–H groups in total. The smallest absolute Gasteiger partial charge is 0.383 e. The number of nitrogens with zero attached hydrogens (tertiary/aromatic N) is 3. The number of aromatic nitrogens is 2. The fourth-order valence-electron chi connectivity index (χ4n) is 3.24. The summed E-state index contributed by atoms with van der Waals surface area (Å²) in [5.41, 5.74) is 1.10. The van der Waals surface area contributed by atoms with E-state index in [0.29, 0.717) is 11.3 Å². The molecule has 4 nitrogen and oxygen atoms in total. The Morgan fingerprint density at radius 3 is 2.65 bits per heavy atom. The minimum atomic E-state index is -4.36. The van der Waals surface area contributed by atoms with Gasteiger partial charge < -0.3 is 9.64 Å². The van der Waals surface area contributed by atoms with E-state index in [-0.39, 0.29) is 5.92 Å². The van der Waals surface area contributed by atoms with Gasteiger partial charge in [-0.3, -0.25) is 4.98 Å². The Kier molecular flexibility index (Phi) is 5.88. The molecule has 2 heterocycles. The van der Waals surface area contributed by atoms with Crippen LogP contribution < -0.4 is 0 Å². The molecule has 140 valence electrons. The Bertz CT molecular complexity index is 728. The standard InChI is InChI=1S/C19H22F3N3O/c1-26-10-9-25-7-5-14(6-8-25)17-12-23-13-18(24-17)15-3-2-4-16(11-15)19(20,21)22/h2-4,11-14H,5-10H2,1H3. The van der Waals surface area contributed by atoms with Crippen LogP contribution in [0.25, 0.3) is 11.3 Å². The maximum atomic E-state index is 12.9. The zero-order valence-corrected chi connectivity index (χ0v) is 14.7. The van der Waals surface area contributed by atoms with Gasteiger partial charge >= 0.3 is 6.18 Å². The summed E-state index contributed by atoms with van der Waals surface area (Å²) in [5.74, 6) is 0.284. The van der Waals surface area contributed by atoms with Crippen molar-refractivity contribution in [2.24, 2.45) is 0 Å². The summed E-state index contributed by atoms with van der Waals surface area (Å²) in [6, 6.07) is 5.23. The van der Waals surface area contributed by atoms with Gasteiger partial charge in [-0.05, 0) is 38.1 Å². The molecule has 1 fully saturated rings. The van der Waals surface area contributed by atoms with E-state index >= 15 is 0 Å². The van der Waals surface area contributed by atoms with Crippen molar-refractivity contribution in [2.75, 3.05) is 33.4 Å². The van der Waals surface area contributed by atoms with Crippen molar-refractivity contribution in [2.45, 2.75) is 24.9 Å². The molecule has 0 aliphatic carbocycles. The van der Waals surface area contributed by atoms with Crippen LogP contribution in [0.5, 0.6) is 0 Å². The van der Waals surface area contributed by atoms with Gasteiger partial charge in [0.1, 0.15) is 0 Å². The molecule has 1 aromatic heterocycles. The maximum Gasteiger partial charge on any atom is 0.416 e. The van der Waals surface area contributed by atoms with Crippen molar-refractivity contribution < 1.29 is 17.9 Å². The van der Waals surface area contributed by atoms with Crippen molar-refractivity contribution in [3.63, 3.8) is 0 Å². The molecule has 3 rings (SSSR count). The summed E-state index contributed by atoms with van der Waals surface area (Å²) in [5, 5.41) is 0. The van der Waals surface area contributed by atoms with Gasteiger partial charge in [0.05, 0.1) is 29.8 Å². The first-order valence-corrected chi connectivity index (χ1v) is 8.68. The average Bonchev–Trinajstić information content (AvgIpc) is 2.66. The molecule has 0 amide bonds. The fraction of sp³-hybridized carbons (Fsp3) is 0.474. The number of alkyl halides is 3. The third-order valence-electron chi connectivity index (χ3n) is 4.76. The van der Waals surface area contributed by atoms with E-state index in [0.717, 1.165) is 56.9 Å². The molecule has 0 saturated carbocycles. The lowest BCUT2D eigenvalue weighted by atomic mass is 9.93. The lowest BCUT2D eigenvalue weighted by molar-refractivity contribution is -0.137. The largest absolute Gasteiger partial charge is 0.416 e. The zero-order chi connectivity index (χ0) is 18.6. The van der Waals surface area contributed by atoms with Gasteiger partial charge in [-0.25, -0.2) is 4.98 Å². The average molecular weight is 365 g/mol. The maximum absolute atomic E-state index is 12.9. The summed E-state index contributed by atoms with van der Waals surface area (Å²) in [6.07, 6.45) is 0.810. The van der Waals surface area contributed by atoms with E-state index in [2.05, 4.69) is 14.9 Å². The molecule has 0 unspecified atom stereocenters. The van der Waals surface area contributed by atoms with E-state index in [4.69, 9.17) is 4.74 Å². The molecule has 26 heavy (non-hydrogen) atoms. The highest BCUT2D eigenvalue weighted by molar-refractivity contribution is 5.59. The van der Waals surface area contributed by atoms with Crippen LogP contribution in [0.3, 0.4) is 0 Å². The van der Waals surface area contributed by atoms with E-state index in [1.54, 1.807) is 19.4 Å². The summed E-state index contributed by atoms with van der Waals surface area (Å²) >= 11 is 0. The minimum absolute atomic E-state index is 0.284. The molecular weight excluding hydrogens is 343 g/mol. The zero-order valence-electron chi connectivity index (χ0n) is 14.7. The first-order valence-electron chi connectivity index (χ1n) is 8.68. The van der Waals surface area contributed by atoms with E-state index < -0.39 is 11.7 Å². The molecule has 2 aromatic rings. The lowest BCUT2D eigenvalue weighted by Gasteiger charge is -2.31. The Morgan fingerprint density at radius 1 is 1.19 bits per heavy atom. The molecule has 0 bridgehead atoms. The topological polar surface area (TPSA) is 38.2 Å². The van der Waals surface area contributed by atoms with Crippen molar-refractivity contribution in [1.29, 1.82) is 0 Å². The lowest BCUT2D eigenvalue weighted by Crippen LogP contribution is -2.35. The molecule has 0 spiro atoms. The van der Waals surface area contributed by atoms with Gasteiger partial charge in [-0.15, -0.1) is 0 Å². The molecule has 1 aliphatic rings. The number of methoxy groups -OCH3 is 1. The number of halogens is 3. The number of benzene rings is 1. The van der Waals surface area contributed by atoms with Gasteiger partial charge in [-0.1, -0.05) is 12.1 Å². The van der Waals surface area contributed by atoms with Gasteiger partial charge in [0.15, 0.2) is 0 Å². The number of hydrogen-bond donors (Lipinski definition) is 0. The van der Waals surface area contributed by atoms with Crippen molar-refractivity contribution in [3.05, 3.63) is 47.9 Å². The van der Waals surface area contributed by atoms with Gasteiger partial charge in [0.2, 0.25) is 0 Å². The number of rotatable bonds is 5. The summed E-state index contributed by atoms with van der Waals surface area (Å²) in [4.78, 5) is 11.2. The van der Waals surface area contributed by atoms with Crippen LogP contribution in [0.15, 0.2) is 36.7 Å². The number of piperidine rings is 1. The van der Waals surface area contributed by atoms with Crippen LogP contribution in [-0.4, -0.2) is 48.2 Å². The SMILES string of the molecule is COCCN1CCC(c2cncc(-c3cccc(C(F)(F)F)c3)n2)CC1. The fourth-order valence-corrected chi connectivity index (χ4v) is 3.24. The van der Waals surface area contributed by atoms with E-state index in [1.165, 1.54) is 12.3 Å². The Morgan fingerprint density at radius 2 is 1.96 bits per heavy atom. The second kappa shape index (κ2) is 8.14. The minimum Gasteiger partial charge on any atom is -0.383 e. The highest BCUT2D eigenvalue weighted by Gasteiger charge is 2.30.